The number of nitrogens with two attached hydrogens (primary N) is 1. The lowest BCUT2D eigenvalue weighted by Crippen LogP contribution is -2.47. The fourth-order valence-electron chi connectivity index (χ4n) is 1.75. The van der Waals surface area contributed by atoms with Crippen molar-refractivity contribution in [2.75, 3.05) is 0 Å². The van der Waals surface area contributed by atoms with Gasteiger partial charge in [0.2, 0.25) is 11.8 Å². The Morgan fingerprint density at radius 3 is 2.62 bits per heavy atom. The van der Waals surface area contributed by atoms with Crippen LogP contribution in [0.2, 0.25) is 10.0 Å². The van der Waals surface area contributed by atoms with Gasteiger partial charge in [-0.25, -0.2) is 0 Å². The Labute approximate surface area is 134 Å². The van der Waals surface area contributed by atoms with Crippen LogP contribution in [0.25, 0.3) is 6.08 Å². The molecule has 0 bridgehead atoms. The zero-order valence-corrected chi connectivity index (χ0v) is 13.4. The SMILES string of the molecule is CCC(C)C(NC(=O)C=Cc1cccc(Cl)c1Cl)C(N)=O. The van der Waals surface area contributed by atoms with Crippen molar-refractivity contribution in [3.05, 3.63) is 39.9 Å². The molecule has 1 rings (SSSR count). The van der Waals surface area contributed by atoms with Crippen LogP contribution in [0.5, 0.6) is 0 Å². The minimum atomic E-state index is -0.693. The second-order valence-corrected chi connectivity index (χ2v) is 5.54. The second-order valence-electron chi connectivity index (χ2n) is 4.75. The first kappa shape index (κ1) is 17.5. The standard InChI is InChI=1S/C15H18Cl2N2O2/c1-3-9(2)14(15(18)21)19-12(20)8-7-10-5-4-6-11(16)13(10)17/h4-9,14H,3H2,1-2H3,(H2,18,21)(H,19,20). The van der Waals surface area contributed by atoms with Crippen LogP contribution in [0.3, 0.4) is 0 Å². The van der Waals surface area contributed by atoms with E-state index in [-0.39, 0.29) is 5.92 Å². The lowest BCUT2D eigenvalue weighted by atomic mass is 9.98. The van der Waals surface area contributed by atoms with Crippen LogP contribution in [-0.2, 0) is 9.59 Å². The van der Waals surface area contributed by atoms with Crippen LogP contribution in [0.15, 0.2) is 24.3 Å². The molecule has 21 heavy (non-hydrogen) atoms. The van der Waals surface area contributed by atoms with Crippen LogP contribution < -0.4 is 11.1 Å². The summed E-state index contributed by atoms with van der Waals surface area (Å²) in [5.74, 6) is -0.989. The summed E-state index contributed by atoms with van der Waals surface area (Å²) < 4.78 is 0. The topological polar surface area (TPSA) is 72.2 Å². The van der Waals surface area contributed by atoms with Crippen molar-refractivity contribution in [1.82, 2.24) is 5.32 Å². The highest BCUT2D eigenvalue weighted by Crippen LogP contribution is 2.26. The maximum Gasteiger partial charge on any atom is 0.244 e. The predicted octanol–water partition coefficient (Wildman–Crippen LogP) is 3.02. The molecule has 0 heterocycles. The monoisotopic (exact) mass is 328 g/mol. The highest BCUT2D eigenvalue weighted by molar-refractivity contribution is 6.42. The summed E-state index contributed by atoms with van der Waals surface area (Å²) >= 11 is 11.9. The molecule has 0 saturated carbocycles. The fourth-order valence-corrected chi connectivity index (χ4v) is 2.12. The molecule has 114 valence electrons. The molecule has 0 radical (unpaired) electrons. The highest BCUT2D eigenvalue weighted by Gasteiger charge is 2.22. The molecule has 0 aliphatic rings. The minimum absolute atomic E-state index is 0.0328. The van der Waals surface area contributed by atoms with Crippen molar-refractivity contribution in [3.8, 4) is 0 Å². The maximum absolute atomic E-state index is 11.9. The summed E-state index contributed by atoms with van der Waals surface area (Å²) in [6.07, 6.45) is 3.58. The molecule has 1 aromatic rings. The average Bonchev–Trinajstić information content (AvgIpc) is 2.45. The van der Waals surface area contributed by atoms with Gasteiger partial charge in [-0.1, -0.05) is 55.6 Å². The van der Waals surface area contributed by atoms with E-state index < -0.39 is 17.9 Å². The summed E-state index contributed by atoms with van der Waals surface area (Å²) in [6.45, 7) is 3.78. The smallest absolute Gasteiger partial charge is 0.244 e. The Hall–Kier alpha value is -1.52. The first-order chi connectivity index (χ1) is 9.86. The summed E-state index contributed by atoms with van der Waals surface area (Å²) in [7, 11) is 0. The van der Waals surface area contributed by atoms with Crippen molar-refractivity contribution < 1.29 is 9.59 Å². The van der Waals surface area contributed by atoms with E-state index in [1.54, 1.807) is 18.2 Å². The molecule has 6 heteroatoms. The molecule has 0 aliphatic heterocycles. The van der Waals surface area contributed by atoms with Gasteiger partial charge in [0.15, 0.2) is 0 Å². The number of hydrogen-bond acceptors (Lipinski definition) is 2. The van der Waals surface area contributed by atoms with Crippen molar-refractivity contribution in [2.24, 2.45) is 11.7 Å². The van der Waals surface area contributed by atoms with E-state index in [1.165, 1.54) is 12.2 Å². The van der Waals surface area contributed by atoms with Crippen LogP contribution in [0.1, 0.15) is 25.8 Å². The van der Waals surface area contributed by atoms with E-state index in [4.69, 9.17) is 28.9 Å². The number of amides is 2. The van der Waals surface area contributed by atoms with Crippen molar-refractivity contribution in [1.29, 1.82) is 0 Å². The van der Waals surface area contributed by atoms with Crippen molar-refractivity contribution in [2.45, 2.75) is 26.3 Å². The second kappa shape index (κ2) is 8.05. The molecule has 0 aliphatic carbocycles. The minimum Gasteiger partial charge on any atom is -0.368 e. The lowest BCUT2D eigenvalue weighted by molar-refractivity contribution is -0.126. The van der Waals surface area contributed by atoms with Gasteiger partial charge in [-0.15, -0.1) is 0 Å². The number of rotatable bonds is 6. The van der Waals surface area contributed by atoms with E-state index >= 15 is 0 Å². The molecule has 1 aromatic carbocycles. The quantitative estimate of drug-likeness (QED) is 0.788. The van der Waals surface area contributed by atoms with Gasteiger partial charge in [-0.05, 0) is 23.6 Å². The van der Waals surface area contributed by atoms with Gasteiger partial charge in [0.05, 0.1) is 10.0 Å². The van der Waals surface area contributed by atoms with Gasteiger partial charge in [0.1, 0.15) is 6.04 Å². The summed E-state index contributed by atoms with van der Waals surface area (Å²) in [4.78, 5) is 23.2. The first-order valence-corrected chi connectivity index (χ1v) is 7.34. The van der Waals surface area contributed by atoms with E-state index in [0.29, 0.717) is 15.6 Å². The van der Waals surface area contributed by atoms with E-state index in [2.05, 4.69) is 5.32 Å². The third-order valence-corrected chi connectivity index (χ3v) is 4.05. The van der Waals surface area contributed by atoms with E-state index in [0.717, 1.165) is 6.42 Å². The molecule has 0 spiro atoms. The molecule has 0 fully saturated rings. The number of carbonyl (C=O) groups is 2. The van der Waals surface area contributed by atoms with Crippen molar-refractivity contribution >= 4 is 41.1 Å². The van der Waals surface area contributed by atoms with Crippen LogP contribution in [0, 0.1) is 5.92 Å². The van der Waals surface area contributed by atoms with Crippen LogP contribution in [0.4, 0.5) is 0 Å². The third kappa shape index (κ3) is 5.06. The van der Waals surface area contributed by atoms with Gasteiger partial charge in [-0.2, -0.15) is 0 Å². The largest absolute Gasteiger partial charge is 0.368 e. The number of carbonyl (C=O) groups excluding carboxylic acids is 2. The number of halogens is 2. The van der Waals surface area contributed by atoms with Crippen LogP contribution >= 0.6 is 23.2 Å². The number of hydrogen-bond donors (Lipinski definition) is 2. The van der Waals surface area contributed by atoms with Gasteiger partial charge in [0.25, 0.3) is 0 Å². The predicted molar refractivity (Wildman–Crippen MR) is 86.1 cm³/mol. The zero-order chi connectivity index (χ0) is 16.0. The van der Waals surface area contributed by atoms with E-state index in [1.807, 2.05) is 13.8 Å². The molecule has 2 amide bonds. The lowest BCUT2D eigenvalue weighted by Gasteiger charge is -2.20. The normalized spacial score (nSPS) is 13.9. The molecule has 0 aromatic heterocycles. The molecular weight excluding hydrogens is 311 g/mol. The molecular formula is C15H18Cl2N2O2. The fraction of sp³-hybridized carbons (Fsp3) is 0.333. The van der Waals surface area contributed by atoms with Gasteiger partial charge in [0, 0.05) is 6.08 Å². The summed E-state index contributed by atoms with van der Waals surface area (Å²) in [6, 6.07) is 4.44. The first-order valence-electron chi connectivity index (χ1n) is 6.58. The van der Waals surface area contributed by atoms with Crippen molar-refractivity contribution in [3.63, 3.8) is 0 Å². The van der Waals surface area contributed by atoms with Gasteiger partial charge in [-0.3, -0.25) is 9.59 Å². The summed E-state index contributed by atoms with van der Waals surface area (Å²) in [5, 5.41) is 3.38. The third-order valence-electron chi connectivity index (χ3n) is 3.21. The van der Waals surface area contributed by atoms with Gasteiger partial charge < -0.3 is 11.1 Å². The number of primary amides is 1. The number of benzene rings is 1. The maximum atomic E-state index is 11.9. The van der Waals surface area contributed by atoms with Gasteiger partial charge >= 0.3 is 0 Å². The Bertz CT molecular complexity index is 559. The number of nitrogens with one attached hydrogen (secondary N) is 1. The van der Waals surface area contributed by atoms with E-state index in [9.17, 15) is 9.59 Å². The Kier molecular flexibility index (Phi) is 6.72. The highest BCUT2D eigenvalue weighted by atomic mass is 35.5. The Morgan fingerprint density at radius 2 is 2.05 bits per heavy atom. The Morgan fingerprint density at radius 1 is 1.38 bits per heavy atom. The molecule has 4 nitrogen and oxygen atoms in total. The molecule has 0 saturated heterocycles. The van der Waals surface area contributed by atoms with Crippen LogP contribution in [-0.4, -0.2) is 17.9 Å². The molecule has 2 atom stereocenters. The molecule has 3 N–H and O–H groups in total. The molecule has 2 unspecified atom stereocenters. The zero-order valence-electron chi connectivity index (χ0n) is 11.9. The Balaban J connectivity index is 2.78. The average molecular weight is 329 g/mol. The summed E-state index contributed by atoms with van der Waals surface area (Å²) in [5.41, 5.74) is 5.92.